The summed E-state index contributed by atoms with van der Waals surface area (Å²) >= 11 is 0. The van der Waals surface area contributed by atoms with Gasteiger partial charge >= 0.3 is 0 Å². The molecule has 0 saturated heterocycles. The number of rotatable bonds is 4. The molecule has 0 bridgehead atoms. The Bertz CT molecular complexity index is 677. The molecule has 0 spiro atoms. The van der Waals surface area contributed by atoms with Gasteiger partial charge in [-0.05, 0) is 16.5 Å². The van der Waals surface area contributed by atoms with Gasteiger partial charge in [0.25, 0.3) is 0 Å². The van der Waals surface area contributed by atoms with Crippen LogP contribution in [0, 0.1) is 0 Å². The lowest BCUT2D eigenvalue weighted by molar-refractivity contribution is 0.476. The highest BCUT2D eigenvalue weighted by atomic mass is 15.3. The minimum atomic E-state index is 0.186. The van der Waals surface area contributed by atoms with Crippen LogP contribution in [-0.2, 0) is 25.6 Å². The summed E-state index contributed by atoms with van der Waals surface area (Å²) in [5.41, 5.74) is 3.95. The van der Waals surface area contributed by atoms with E-state index in [1.165, 1.54) is 11.1 Å². The Kier molecular flexibility index (Phi) is 5.65. The number of aromatic nitrogens is 2. The molecule has 5 nitrogen and oxygen atoms in total. The van der Waals surface area contributed by atoms with E-state index in [1.807, 2.05) is 38.2 Å². The third-order valence-corrected chi connectivity index (χ3v) is 4.02. The fraction of sp³-hybridized carbons (Fsp3) is 0.474. The van der Waals surface area contributed by atoms with Gasteiger partial charge in [0.1, 0.15) is 0 Å². The first-order valence-electron chi connectivity index (χ1n) is 8.28. The molecule has 24 heavy (non-hydrogen) atoms. The van der Waals surface area contributed by atoms with Crippen molar-refractivity contribution in [2.75, 3.05) is 14.1 Å². The molecule has 2 rings (SSSR count). The normalized spacial score (nSPS) is 12.3. The molecule has 0 aliphatic rings. The predicted molar refractivity (Wildman–Crippen MR) is 100 cm³/mol. The maximum atomic E-state index is 4.37. The zero-order valence-corrected chi connectivity index (χ0v) is 15.7. The highest BCUT2D eigenvalue weighted by molar-refractivity contribution is 5.79. The van der Waals surface area contributed by atoms with Crippen molar-refractivity contribution in [3.63, 3.8) is 0 Å². The Morgan fingerprint density at radius 2 is 1.88 bits per heavy atom. The van der Waals surface area contributed by atoms with Crippen LogP contribution in [0.2, 0.25) is 0 Å². The Balaban J connectivity index is 1.93. The van der Waals surface area contributed by atoms with E-state index in [9.17, 15) is 0 Å². The number of hydrogen-bond acceptors (Lipinski definition) is 2. The molecule has 0 unspecified atom stereocenters. The van der Waals surface area contributed by atoms with Crippen LogP contribution in [0.1, 0.15) is 37.5 Å². The number of guanidine groups is 1. The number of nitrogens with one attached hydrogen (secondary N) is 1. The third-order valence-electron chi connectivity index (χ3n) is 4.02. The molecule has 0 atom stereocenters. The number of nitrogens with zero attached hydrogens (tertiary/aromatic N) is 4. The maximum absolute atomic E-state index is 4.37. The minimum Gasteiger partial charge on any atom is -0.352 e. The van der Waals surface area contributed by atoms with Crippen LogP contribution in [0.3, 0.4) is 0 Å². The first kappa shape index (κ1) is 18.0. The van der Waals surface area contributed by atoms with Crippen molar-refractivity contribution in [2.45, 2.75) is 39.3 Å². The summed E-state index contributed by atoms with van der Waals surface area (Å²) in [5.74, 6) is 0.874. The second-order valence-electron chi connectivity index (χ2n) is 7.23. The molecule has 1 N–H and O–H groups in total. The van der Waals surface area contributed by atoms with E-state index in [4.69, 9.17) is 0 Å². The number of benzene rings is 1. The fourth-order valence-corrected chi connectivity index (χ4v) is 2.59. The van der Waals surface area contributed by atoms with E-state index < -0.39 is 0 Å². The zero-order valence-electron chi connectivity index (χ0n) is 15.7. The largest absolute Gasteiger partial charge is 0.352 e. The predicted octanol–water partition coefficient (Wildman–Crippen LogP) is 2.93. The molecule has 0 amide bonds. The van der Waals surface area contributed by atoms with Gasteiger partial charge in [-0.3, -0.25) is 9.67 Å². The summed E-state index contributed by atoms with van der Waals surface area (Å²) in [7, 11) is 5.77. The molecule has 0 fully saturated rings. The summed E-state index contributed by atoms with van der Waals surface area (Å²) in [5, 5.41) is 7.63. The van der Waals surface area contributed by atoms with Gasteiger partial charge in [0.2, 0.25) is 0 Å². The molecule has 0 saturated carbocycles. The smallest absolute Gasteiger partial charge is 0.193 e. The van der Waals surface area contributed by atoms with Crippen LogP contribution in [0.5, 0.6) is 0 Å². The van der Waals surface area contributed by atoms with E-state index in [2.05, 4.69) is 65.3 Å². The Labute approximate surface area is 145 Å². The monoisotopic (exact) mass is 327 g/mol. The molecule has 1 heterocycles. The van der Waals surface area contributed by atoms with Gasteiger partial charge in [-0.25, -0.2) is 0 Å². The summed E-state index contributed by atoms with van der Waals surface area (Å²) in [6.07, 6.45) is 3.91. The van der Waals surface area contributed by atoms with Gasteiger partial charge in [0.15, 0.2) is 5.96 Å². The van der Waals surface area contributed by atoms with Crippen molar-refractivity contribution < 1.29 is 0 Å². The van der Waals surface area contributed by atoms with Gasteiger partial charge in [0, 0.05) is 46.0 Å². The van der Waals surface area contributed by atoms with Crippen LogP contribution in [-0.4, -0.2) is 34.7 Å². The van der Waals surface area contributed by atoms with E-state index in [0.29, 0.717) is 0 Å². The molecule has 1 aromatic heterocycles. The van der Waals surface area contributed by atoms with Gasteiger partial charge < -0.3 is 10.2 Å². The number of aryl methyl sites for hydroxylation is 1. The van der Waals surface area contributed by atoms with Crippen LogP contribution in [0.15, 0.2) is 41.7 Å². The van der Waals surface area contributed by atoms with E-state index in [0.717, 1.165) is 24.6 Å². The number of aliphatic imine (C=N–C) groups is 1. The van der Waals surface area contributed by atoms with Crippen LogP contribution in [0.25, 0.3) is 0 Å². The first-order valence-corrected chi connectivity index (χ1v) is 8.28. The Hall–Kier alpha value is -2.30. The average Bonchev–Trinajstić information content (AvgIpc) is 2.92. The lowest BCUT2D eigenvalue weighted by Gasteiger charge is -2.22. The quantitative estimate of drug-likeness (QED) is 0.694. The first-order chi connectivity index (χ1) is 11.3. The Morgan fingerprint density at radius 1 is 1.21 bits per heavy atom. The van der Waals surface area contributed by atoms with Crippen LogP contribution >= 0.6 is 0 Å². The molecule has 0 radical (unpaired) electrons. The molecule has 5 heteroatoms. The van der Waals surface area contributed by atoms with Gasteiger partial charge in [0.05, 0.1) is 6.20 Å². The molecule has 2 aromatic rings. The van der Waals surface area contributed by atoms with Gasteiger partial charge in [-0.1, -0.05) is 45.0 Å². The van der Waals surface area contributed by atoms with Crippen LogP contribution < -0.4 is 5.32 Å². The van der Waals surface area contributed by atoms with Crippen molar-refractivity contribution in [1.29, 1.82) is 0 Å². The minimum absolute atomic E-state index is 0.186. The lowest BCUT2D eigenvalue weighted by atomic mass is 9.87. The second kappa shape index (κ2) is 7.51. The lowest BCUT2D eigenvalue weighted by Crippen LogP contribution is -2.38. The summed E-state index contributed by atoms with van der Waals surface area (Å²) in [4.78, 5) is 6.46. The SMILES string of the molecule is CN=C(NCc1ccc(C(C)(C)C)cc1)N(C)Cc1cnn(C)c1. The average molecular weight is 327 g/mol. The molecule has 0 aliphatic heterocycles. The summed E-state index contributed by atoms with van der Waals surface area (Å²) < 4.78 is 1.82. The standard InChI is InChI=1S/C19H29N5/c1-19(2,3)17-9-7-15(8-10-17)11-21-18(20-4)23(5)13-16-12-22-24(6)14-16/h7-10,12,14H,11,13H2,1-6H3,(H,20,21). The molecular formula is C19H29N5. The zero-order chi connectivity index (χ0) is 17.7. The van der Waals surface area contributed by atoms with E-state index in [-0.39, 0.29) is 5.41 Å². The van der Waals surface area contributed by atoms with Crippen molar-refractivity contribution in [2.24, 2.45) is 12.0 Å². The van der Waals surface area contributed by atoms with Crippen molar-refractivity contribution in [3.05, 3.63) is 53.3 Å². The van der Waals surface area contributed by atoms with E-state index >= 15 is 0 Å². The highest BCUT2D eigenvalue weighted by Gasteiger charge is 2.13. The van der Waals surface area contributed by atoms with Gasteiger partial charge in [-0.2, -0.15) is 5.10 Å². The maximum Gasteiger partial charge on any atom is 0.193 e. The highest BCUT2D eigenvalue weighted by Crippen LogP contribution is 2.22. The molecule has 1 aromatic carbocycles. The topological polar surface area (TPSA) is 45.5 Å². The summed E-state index contributed by atoms with van der Waals surface area (Å²) in [6, 6.07) is 8.78. The molecular weight excluding hydrogens is 298 g/mol. The fourth-order valence-electron chi connectivity index (χ4n) is 2.59. The van der Waals surface area contributed by atoms with Crippen molar-refractivity contribution >= 4 is 5.96 Å². The second-order valence-corrected chi connectivity index (χ2v) is 7.23. The van der Waals surface area contributed by atoms with Crippen molar-refractivity contribution in [1.82, 2.24) is 20.0 Å². The molecule has 0 aliphatic carbocycles. The molecule has 130 valence electrons. The number of hydrogen-bond donors (Lipinski definition) is 1. The van der Waals surface area contributed by atoms with Crippen molar-refractivity contribution in [3.8, 4) is 0 Å². The van der Waals surface area contributed by atoms with E-state index in [1.54, 1.807) is 0 Å². The van der Waals surface area contributed by atoms with Gasteiger partial charge in [-0.15, -0.1) is 0 Å². The summed E-state index contributed by atoms with van der Waals surface area (Å²) in [6.45, 7) is 8.23. The van der Waals surface area contributed by atoms with Crippen LogP contribution in [0.4, 0.5) is 0 Å². The third kappa shape index (κ3) is 4.85. The Morgan fingerprint density at radius 3 is 2.38 bits per heavy atom.